The molecular weight excluding hydrogens is 369 g/mol. The summed E-state index contributed by atoms with van der Waals surface area (Å²) in [5.74, 6) is -3.38. The van der Waals surface area contributed by atoms with Crippen LogP contribution in [0.1, 0.15) is 20.8 Å². The number of halogens is 1. The number of carbonyl (C=O) groups is 3. The molecule has 0 fully saturated rings. The summed E-state index contributed by atoms with van der Waals surface area (Å²) in [6.07, 6.45) is 0. The Hall–Kier alpha value is -4.01. The van der Waals surface area contributed by atoms with Gasteiger partial charge in [0.15, 0.2) is 12.0 Å². The van der Waals surface area contributed by atoms with Crippen LogP contribution in [0.3, 0.4) is 0 Å². The first-order valence-corrected chi connectivity index (χ1v) is 8.08. The number of rotatable bonds is 4. The van der Waals surface area contributed by atoms with Gasteiger partial charge in [-0.2, -0.15) is 0 Å². The van der Waals surface area contributed by atoms with Gasteiger partial charge in [0.05, 0.1) is 5.56 Å². The van der Waals surface area contributed by atoms with Gasteiger partial charge in [0, 0.05) is 17.0 Å². The lowest BCUT2D eigenvalue weighted by molar-refractivity contribution is -0.125. The number of H-pyrrole nitrogens is 1. The molecule has 0 bridgehead atoms. The molecule has 9 heteroatoms. The van der Waals surface area contributed by atoms with E-state index in [9.17, 15) is 23.6 Å². The van der Waals surface area contributed by atoms with Crippen LogP contribution in [0.15, 0.2) is 59.4 Å². The number of hydrogen-bond donors (Lipinski definition) is 3. The summed E-state index contributed by atoms with van der Waals surface area (Å²) in [5.41, 5.74) is 3.71. The van der Waals surface area contributed by atoms with E-state index in [2.05, 4.69) is 4.98 Å². The topological polar surface area (TPSA) is 117 Å². The third-order valence-corrected chi connectivity index (χ3v) is 3.73. The fourth-order valence-electron chi connectivity index (χ4n) is 2.39. The first-order chi connectivity index (χ1) is 13.5. The highest BCUT2D eigenvalue weighted by molar-refractivity contribution is 5.96. The second kappa shape index (κ2) is 8.12. The van der Waals surface area contributed by atoms with Crippen molar-refractivity contribution in [3.05, 3.63) is 81.9 Å². The maximum Gasteiger partial charge on any atom is 0.355 e. The van der Waals surface area contributed by atoms with Crippen LogP contribution >= 0.6 is 0 Å². The number of hydrogen-bond acceptors (Lipinski definition) is 5. The summed E-state index contributed by atoms with van der Waals surface area (Å²) in [6.45, 7) is -0.717. The van der Waals surface area contributed by atoms with E-state index in [0.29, 0.717) is 10.9 Å². The van der Waals surface area contributed by atoms with Crippen LogP contribution in [0, 0.1) is 5.82 Å². The number of amides is 2. The third-order valence-electron chi connectivity index (χ3n) is 3.73. The van der Waals surface area contributed by atoms with Gasteiger partial charge in [0.1, 0.15) is 11.5 Å². The number of pyridine rings is 1. The van der Waals surface area contributed by atoms with Gasteiger partial charge in [-0.15, -0.1) is 0 Å². The van der Waals surface area contributed by atoms with Crippen LogP contribution in [-0.2, 0) is 9.53 Å². The van der Waals surface area contributed by atoms with E-state index in [1.54, 1.807) is 24.3 Å². The standard InChI is InChI=1S/C19H14FN3O5/c20-13-7-3-1-5-11(13)18(26)23-22-17(25)10-28-19(27)15-9-16(24)12-6-2-4-8-14(12)21-15/h1-9H,10H2,(H,21,24)(H,22,25)(H,23,26). The molecule has 0 saturated heterocycles. The second-order valence-corrected chi connectivity index (χ2v) is 5.65. The van der Waals surface area contributed by atoms with E-state index in [0.717, 1.165) is 12.1 Å². The van der Waals surface area contributed by atoms with Crippen molar-refractivity contribution in [1.82, 2.24) is 15.8 Å². The molecule has 1 aromatic heterocycles. The minimum absolute atomic E-state index is 0.119. The molecule has 142 valence electrons. The van der Waals surface area contributed by atoms with Crippen molar-refractivity contribution in [1.29, 1.82) is 0 Å². The van der Waals surface area contributed by atoms with Gasteiger partial charge in [0.25, 0.3) is 11.8 Å². The summed E-state index contributed by atoms with van der Waals surface area (Å²) in [7, 11) is 0. The van der Waals surface area contributed by atoms with Crippen LogP contribution in [0.2, 0.25) is 0 Å². The Bertz CT molecular complexity index is 1130. The van der Waals surface area contributed by atoms with E-state index >= 15 is 0 Å². The normalized spacial score (nSPS) is 10.3. The summed E-state index contributed by atoms with van der Waals surface area (Å²) < 4.78 is 18.3. The fraction of sp³-hybridized carbons (Fsp3) is 0.0526. The number of para-hydroxylation sites is 1. The van der Waals surface area contributed by atoms with E-state index in [-0.39, 0.29) is 16.7 Å². The molecule has 0 aliphatic carbocycles. The Morgan fingerprint density at radius 3 is 2.50 bits per heavy atom. The molecular formula is C19H14FN3O5. The fourth-order valence-corrected chi connectivity index (χ4v) is 2.39. The van der Waals surface area contributed by atoms with E-state index in [4.69, 9.17) is 4.74 Å². The molecule has 28 heavy (non-hydrogen) atoms. The predicted octanol–water partition coefficient (Wildman–Crippen LogP) is 1.29. The van der Waals surface area contributed by atoms with Crippen molar-refractivity contribution in [2.45, 2.75) is 0 Å². The van der Waals surface area contributed by atoms with Crippen molar-refractivity contribution in [3.63, 3.8) is 0 Å². The van der Waals surface area contributed by atoms with Crippen molar-refractivity contribution in [2.75, 3.05) is 6.61 Å². The molecule has 2 amide bonds. The number of nitrogens with one attached hydrogen (secondary N) is 3. The Labute approximate surface area is 157 Å². The molecule has 3 N–H and O–H groups in total. The summed E-state index contributed by atoms with van der Waals surface area (Å²) >= 11 is 0. The molecule has 2 aromatic carbocycles. The molecule has 0 aliphatic rings. The quantitative estimate of drug-likeness (QED) is 0.464. The van der Waals surface area contributed by atoms with E-state index in [1.807, 2.05) is 10.9 Å². The van der Waals surface area contributed by atoms with Crippen LogP contribution in [-0.4, -0.2) is 29.4 Å². The molecule has 0 saturated carbocycles. The van der Waals surface area contributed by atoms with Gasteiger partial charge >= 0.3 is 5.97 Å². The lowest BCUT2D eigenvalue weighted by Crippen LogP contribution is -2.43. The number of hydrazine groups is 1. The minimum Gasteiger partial charge on any atom is -0.451 e. The average Bonchev–Trinajstić information content (AvgIpc) is 2.70. The van der Waals surface area contributed by atoms with Crippen LogP contribution < -0.4 is 16.3 Å². The Morgan fingerprint density at radius 2 is 1.71 bits per heavy atom. The maximum absolute atomic E-state index is 13.5. The van der Waals surface area contributed by atoms with Crippen LogP contribution in [0.5, 0.6) is 0 Å². The molecule has 0 aliphatic heterocycles. The highest BCUT2D eigenvalue weighted by Crippen LogP contribution is 2.08. The molecule has 0 unspecified atom stereocenters. The Balaban J connectivity index is 1.56. The maximum atomic E-state index is 13.5. The van der Waals surface area contributed by atoms with Crippen LogP contribution in [0.4, 0.5) is 4.39 Å². The first-order valence-electron chi connectivity index (χ1n) is 8.08. The average molecular weight is 383 g/mol. The molecule has 1 heterocycles. The van der Waals surface area contributed by atoms with Gasteiger partial charge in [0.2, 0.25) is 0 Å². The molecule has 8 nitrogen and oxygen atoms in total. The Morgan fingerprint density at radius 1 is 1.00 bits per heavy atom. The molecule has 0 radical (unpaired) electrons. The van der Waals surface area contributed by atoms with Gasteiger partial charge < -0.3 is 9.72 Å². The highest BCUT2D eigenvalue weighted by Gasteiger charge is 2.15. The van der Waals surface area contributed by atoms with Crippen LogP contribution in [0.25, 0.3) is 10.9 Å². The SMILES string of the molecule is O=C(COC(=O)c1cc(=O)c2ccccc2[nH]1)NNC(=O)c1ccccc1F. The van der Waals surface area contributed by atoms with Crippen molar-refractivity contribution in [2.24, 2.45) is 0 Å². The second-order valence-electron chi connectivity index (χ2n) is 5.65. The first kappa shape index (κ1) is 18.8. The molecule has 3 rings (SSSR count). The zero-order chi connectivity index (χ0) is 20.1. The van der Waals surface area contributed by atoms with E-state index in [1.165, 1.54) is 18.2 Å². The van der Waals surface area contributed by atoms with Crippen molar-refractivity contribution >= 4 is 28.7 Å². The minimum atomic E-state index is -0.918. The molecule has 3 aromatic rings. The third kappa shape index (κ3) is 4.21. The molecule has 0 spiro atoms. The lowest BCUT2D eigenvalue weighted by Gasteiger charge is -2.09. The molecule has 0 atom stereocenters. The highest BCUT2D eigenvalue weighted by atomic mass is 19.1. The monoisotopic (exact) mass is 383 g/mol. The van der Waals surface area contributed by atoms with Crippen molar-refractivity contribution < 1.29 is 23.5 Å². The smallest absolute Gasteiger partial charge is 0.355 e. The number of carbonyl (C=O) groups excluding carboxylic acids is 3. The van der Waals surface area contributed by atoms with Gasteiger partial charge in [-0.3, -0.25) is 25.2 Å². The van der Waals surface area contributed by atoms with Crippen molar-refractivity contribution in [3.8, 4) is 0 Å². The summed E-state index contributed by atoms with van der Waals surface area (Å²) in [6, 6.07) is 12.9. The lowest BCUT2D eigenvalue weighted by atomic mass is 10.2. The number of aromatic amines is 1. The number of ether oxygens (including phenoxy) is 1. The largest absolute Gasteiger partial charge is 0.451 e. The number of esters is 1. The Kier molecular flexibility index (Phi) is 5.45. The van der Waals surface area contributed by atoms with Gasteiger partial charge in [-0.25, -0.2) is 9.18 Å². The zero-order valence-electron chi connectivity index (χ0n) is 14.3. The summed E-state index contributed by atoms with van der Waals surface area (Å²) in [5, 5.41) is 0.410. The predicted molar refractivity (Wildman–Crippen MR) is 96.9 cm³/mol. The number of aromatic nitrogens is 1. The zero-order valence-corrected chi connectivity index (χ0v) is 14.3. The van der Waals surface area contributed by atoms with Gasteiger partial charge in [-0.1, -0.05) is 24.3 Å². The summed E-state index contributed by atoms with van der Waals surface area (Å²) in [4.78, 5) is 50.3. The number of benzene rings is 2. The number of fused-ring (bicyclic) bond motifs is 1. The van der Waals surface area contributed by atoms with E-state index < -0.39 is 30.2 Å². The van der Waals surface area contributed by atoms with Gasteiger partial charge in [-0.05, 0) is 24.3 Å².